The first-order valence-electron chi connectivity index (χ1n) is 3.50. The second-order valence-electron chi connectivity index (χ2n) is 2.56. The first-order chi connectivity index (χ1) is 5.16. The van der Waals surface area contributed by atoms with Crippen molar-refractivity contribution in [3.63, 3.8) is 0 Å². The lowest BCUT2D eigenvalue weighted by atomic mass is 10.1. The minimum atomic E-state index is 0.903. The molecule has 0 spiro atoms. The Balaban J connectivity index is 3.25. The number of benzene rings is 1. The summed E-state index contributed by atoms with van der Waals surface area (Å²) < 4.78 is 5.13. The Bertz CT molecular complexity index is 269. The van der Waals surface area contributed by atoms with Crippen molar-refractivity contribution in [3.05, 3.63) is 23.3 Å². The van der Waals surface area contributed by atoms with E-state index >= 15 is 0 Å². The molecule has 0 aliphatic rings. The van der Waals surface area contributed by atoms with Gasteiger partial charge in [-0.3, -0.25) is 0 Å². The van der Waals surface area contributed by atoms with Gasteiger partial charge in [0.25, 0.3) is 0 Å². The van der Waals surface area contributed by atoms with E-state index in [9.17, 15) is 0 Å². The van der Waals surface area contributed by atoms with E-state index in [1.807, 2.05) is 26.0 Å². The molecule has 0 N–H and O–H groups in total. The van der Waals surface area contributed by atoms with Gasteiger partial charge in [0.15, 0.2) is 0 Å². The molecular formula is C9H12OS. The van der Waals surface area contributed by atoms with Crippen molar-refractivity contribution in [1.82, 2.24) is 0 Å². The minimum absolute atomic E-state index is 0.903. The van der Waals surface area contributed by atoms with Crippen LogP contribution in [0.1, 0.15) is 11.1 Å². The fourth-order valence-electron chi connectivity index (χ4n) is 1.04. The maximum absolute atomic E-state index is 5.13. The molecule has 1 nitrogen and oxygen atoms in total. The van der Waals surface area contributed by atoms with Crippen LogP contribution in [0.2, 0.25) is 0 Å². The maximum Gasteiger partial charge on any atom is 0.122 e. The predicted molar refractivity (Wildman–Crippen MR) is 49.7 cm³/mol. The van der Waals surface area contributed by atoms with Gasteiger partial charge >= 0.3 is 0 Å². The van der Waals surface area contributed by atoms with E-state index in [4.69, 9.17) is 4.74 Å². The van der Waals surface area contributed by atoms with Gasteiger partial charge in [-0.1, -0.05) is 6.07 Å². The standard InChI is InChI=1S/C9H12OS/c1-6-4-5-8(10-3)7(2)9(6)11/h4-5,11H,1-3H3. The maximum atomic E-state index is 5.13. The first-order valence-corrected chi connectivity index (χ1v) is 3.94. The Hall–Kier alpha value is -0.630. The largest absolute Gasteiger partial charge is 0.496 e. The van der Waals surface area contributed by atoms with E-state index in [2.05, 4.69) is 12.6 Å². The normalized spacial score (nSPS) is 9.82. The molecule has 1 aromatic carbocycles. The molecule has 0 saturated heterocycles. The smallest absolute Gasteiger partial charge is 0.122 e. The highest BCUT2D eigenvalue weighted by atomic mass is 32.1. The van der Waals surface area contributed by atoms with Gasteiger partial charge in [0.1, 0.15) is 5.75 Å². The molecule has 1 aromatic rings. The molecule has 0 fully saturated rings. The average Bonchev–Trinajstić information content (AvgIpc) is 2.01. The van der Waals surface area contributed by atoms with Crippen molar-refractivity contribution in [1.29, 1.82) is 0 Å². The van der Waals surface area contributed by atoms with Crippen molar-refractivity contribution in [2.24, 2.45) is 0 Å². The van der Waals surface area contributed by atoms with Crippen LogP contribution in [0.25, 0.3) is 0 Å². The minimum Gasteiger partial charge on any atom is -0.496 e. The van der Waals surface area contributed by atoms with Crippen LogP contribution in [0, 0.1) is 13.8 Å². The Morgan fingerprint density at radius 1 is 1.27 bits per heavy atom. The second kappa shape index (κ2) is 3.18. The monoisotopic (exact) mass is 168 g/mol. The zero-order valence-electron chi connectivity index (χ0n) is 7.01. The highest BCUT2D eigenvalue weighted by molar-refractivity contribution is 7.80. The van der Waals surface area contributed by atoms with Crippen LogP contribution >= 0.6 is 12.6 Å². The summed E-state index contributed by atoms with van der Waals surface area (Å²) in [6.45, 7) is 4.04. The second-order valence-corrected chi connectivity index (χ2v) is 3.01. The molecule has 0 aromatic heterocycles. The number of thiol groups is 1. The van der Waals surface area contributed by atoms with Crippen LogP contribution in [0.4, 0.5) is 0 Å². The van der Waals surface area contributed by atoms with E-state index in [1.165, 1.54) is 5.56 Å². The van der Waals surface area contributed by atoms with Crippen LogP contribution in [-0.2, 0) is 0 Å². The van der Waals surface area contributed by atoms with Crippen molar-refractivity contribution in [2.75, 3.05) is 7.11 Å². The molecule has 60 valence electrons. The average molecular weight is 168 g/mol. The Labute approximate surface area is 72.8 Å². The van der Waals surface area contributed by atoms with E-state index in [-0.39, 0.29) is 0 Å². The van der Waals surface area contributed by atoms with Gasteiger partial charge in [0, 0.05) is 10.5 Å². The van der Waals surface area contributed by atoms with Crippen LogP contribution < -0.4 is 4.74 Å². The summed E-state index contributed by atoms with van der Waals surface area (Å²) in [5.74, 6) is 0.903. The van der Waals surface area contributed by atoms with E-state index in [0.29, 0.717) is 0 Å². The zero-order chi connectivity index (χ0) is 8.43. The van der Waals surface area contributed by atoms with E-state index in [1.54, 1.807) is 7.11 Å². The number of hydrogen-bond acceptors (Lipinski definition) is 2. The van der Waals surface area contributed by atoms with E-state index in [0.717, 1.165) is 16.2 Å². The van der Waals surface area contributed by atoms with Crippen LogP contribution in [0.5, 0.6) is 5.75 Å². The third-order valence-electron chi connectivity index (χ3n) is 1.80. The highest BCUT2D eigenvalue weighted by Crippen LogP contribution is 2.26. The lowest BCUT2D eigenvalue weighted by Gasteiger charge is -2.08. The summed E-state index contributed by atoms with van der Waals surface area (Å²) in [5, 5.41) is 0. The van der Waals surface area contributed by atoms with Crippen molar-refractivity contribution in [3.8, 4) is 5.75 Å². The quantitative estimate of drug-likeness (QED) is 0.634. The molecule has 2 heteroatoms. The molecule has 0 heterocycles. The molecule has 1 rings (SSSR count). The van der Waals surface area contributed by atoms with Gasteiger partial charge in [0.2, 0.25) is 0 Å². The zero-order valence-corrected chi connectivity index (χ0v) is 7.90. The molecule has 11 heavy (non-hydrogen) atoms. The molecule has 0 saturated carbocycles. The number of ether oxygens (including phenoxy) is 1. The Morgan fingerprint density at radius 2 is 1.91 bits per heavy atom. The first kappa shape index (κ1) is 8.47. The van der Waals surface area contributed by atoms with Crippen LogP contribution in [0.3, 0.4) is 0 Å². The molecule has 0 unspecified atom stereocenters. The topological polar surface area (TPSA) is 9.23 Å². The van der Waals surface area contributed by atoms with Crippen molar-refractivity contribution >= 4 is 12.6 Å². The fourth-order valence-corrected chi connectivity index (χ4v) is 1.22. The number of hydrogen-bond donors (Lipinski definition) is 1. The van der Waals surface area contributed by atoms with Crippen molar-refractivity contribution in [2.45, 2.75) is 18.7 Å². The molecule has 0 aliphatic carbocycles. The van der Waals surface area contributed by atoms with Gasteiger partial charge < -0.3 is 4.74 Å². The molecular weight excluding hydrogens is 156 g/mol. The van der Waals surface area contributed by atoms with Gasteiger partial charge in [-0.25, -0.2) is 0 Å². The lowest BCUT2D eigenvalue weighted by Crippen LogP contribution is -1.89. The summed E-state index contributed by atoms with van der Waals surface area (Å²) in [7, 11) is 1.67. The summed E-state index contributed by atoms with van der Waals surface area (Å²) in [4.78, 5) is 1.02. The van der Waals surface area contributed by atoms with Gasteiger partial charge in [0.05, 0.1) is 7.11 Å². The van der Waals surface area contributed by atoms with Gasteiger partial charge in [-0.15, -0.1) is 12.6 Å². The SMILES string of the molecule is COc1ccc(C)c(S)c1C. The number of methoxy groups -OCH3 is 1. The van der Waals surface area contributed by atoms with E-state index < -0.39 is 0 Å². The molecule has 0 atom stereocenters. The molecule has 0 bridgehead atoms. The summed E-state index contributed by atoms with van der Waals surface area (Å²) in [6, 6.07) is 3.97. The third kappa shape index (κ3) is 1.51. The summed E-state index contributed by atoms with van der Waals surface area (Å²) in [5.41, 5.74) is 2.29. The predicted octanol–water partition coefficient (Wildman–Crippen LogP) is 2.60. The molecule has 0 aliphatic heterocycles. The third-order valence-corrected chi connectivity index (χ3v) is 2.49. The number of rotatable bonds is 1. The van der Waals surface area contributed by atoms with Crippen LogP contribution in [-0.4, -0.2) is 7.11 Å². The lowest BCUT2D eigenvalue weighted by molar-refractivity contribution is 0.410. The Kier molecular flexibility index (Phi) is 2.45. The molecule has 0 amide bonds. The summed E-state index contributed by atoms with van der Waals surface area (Å²) >= 11 is 4.35. The fraction of sp³-hybridized carbons (Fsp3) is 0.333. The summed E-state index contributed by atoms with van der Waals surface area (Å²) in [6.07, 6.45) is 0. The van der Waals surface area contributed by atoms with Crippen molar-refractivity contribution < 1.29 is 4.74 Å². The highest BCUT2D eigenvalue weighted by Gasteiger charge is 2.02. The molecule has 0 radical (unpaired) electrons. The van der Waals surface area contributed by atoms with Gasteiger partial charge in [-0.2, -0.15) is 0 Å². The number of aryl methyl sites for hydroxylation is 1. The Morgan fingerprint density at radius 3 is 2.45 bits per heavy atom. The van der Waals surface area contributed by atoms with Crippen LogP contribution in [0.15, 0.2) is 17.0 Å². The van der Waals surface area contributed by atoms with Gasteiger partial charge in [-0.05, 0) is 25.5 Å².